The number of aliphatic hydroxyl groups excluding tert-OH is 1. The second kappa shape index (κ2) is 6.02. The summed E-state index contributed by atoms with van der Waals surface area (Å²) in [4.78, 5) is 11.1. The van der Waals surface area contributed by atoms with Crippen molar-refractivity contribution in [2.45, 2.75) is 12.5 Å². The minimum absolute atomic E-state index is 0.380. The second-order valence-corrected chi connectivity index (χ2v) is 4.55. The van der Waals surface area contributed by atoms with E-state index in [2.05, 4.69) is 15.9 Å². The zero-order valence-electron chi connectivity index (χ0n) is 9.64. The van der Waals surface area contributed by atoms with E-state index in [-0.39, 0.29) is 5.63 Å². The minimum Gasteiger partial charge on any atom is -0.493 e. The van der Waals surface area contributed by atoms with E-state index in [0.29, 0.717) is 29.7 Å². The first-order valence-corrected chi connectivity index (χ1v) is 6.72. The Morgan fingerprint density at radius 1 is 1.33 bits per heavy atom. The van der Waals surface area contributed by atoms with Gasteiger partial charge in [-0.25, -0.2) is 4.79 Å². The molecule has 0 radical (unpaired) electrons. The molecule has 0 fully saturated rings. The molecule has 0 bridgehead atoms. The number of alkyl halides is 1. The zero-order chi connectivity index (χ0) is 13.0. The number of hydrogen-bond acceptors (Lipinski definition) is 4. The van der Waals surface area contributed by atoms with Crippen LogP contribution in [0.5, 0.6) is 5.75 Å². The Kier molecular flexibility index (Phi) is 4.38. The summed E-state index contributed by atoms with van der Waals surface area (Å²) in [6.45, 7) is 0.412. The maximum Gasteiger partial charge on any atom is 0.336 e. The van der Waals surface area contributed by atoms with Crippen LogP contribution in [0, 0.1) is 0 Å². The van der Waals surface area contributed by atoms with E-state index in [1.54, 1.807) is 12.1 Å². The molecule has 1 aromatic heterocycles. The molecule has 1 atom stereocenters. The summed E-state index contributed by atoms with van der Waals surface area (Å²) in [5.74, 6) is 0.624. The van der Waals surface area contributed by atoms with Crippen LogP contribution < -0.4 is 10.4 Å². The summed E-state index contributed by atoms with van der Waals surface area (Å²) in [6.07, 6.45) is 0.130. The van der Waals surface area contributed by atoms with Gasteiger partial charge in [0, 0.05) is 29.3 Å². The lowest BCUT2D eigenvalue weighted by molar-refractivity contribution is 0.160. The van der Waals surface area contributed by atoms with Crippen molar-refractivity contribution in [1.29, 1.82) is 0 Å². The van der Waals surface area contributed by atoms with Crippen molar-refractivity contribution in [2.24, 2.45) is 0 Å². The van der Waals surface area contributed by atoms with Crippen molar-refractivity contribution in [3.05, 3.63) is 40.8 Å². The van der Waals surface area contributed by atoms with Gasteiger partial charge in [-0.3, -0.25) is 0 Å². The van der Waals surface area contributed by atoms with Crippen LogP contribution in [0.1, 0.15) is 6.42 Å². The summed E-state index contributed by atoms with van der Waals surface area (Å²) in [7, 11) is 0. The lowest BCUT2D eigenvalue weighted by atomic mass is 10.2. The van der Waals surface area contributed by atoms with Gasteiger partial charge in [0.05, 0.1) is 12.7 Å². The molecule has 18 heavy (non-hydrogen) atoms. The van der Waals surface area contributed by atoms with E-state index < -0.39 is 6.10 Å². The van der Waals surface area contributed by atoms with E-state index in [1.165, 1.54) is 6.07 Å². The third-order valence-electron chi connectivity index (χ3n) is 2.49. The molecule has 5 heteroatoms. The second-order valence-electron chi connectivity index (χ2n) is 3.90. The van der Waals surface area contributed by atoms with Gasteiger partial charge in [0.15, 0.2) is 0 Å². The van der Waals surface area contributed by atoms with Crippen LogP contribution >= 0.6 is 15.9 Å². The lowest BCUT2D eigenvalue weighted by Crippen LogP contribution is -2.12. The van der Waals surface area contributed by atoms with Gasteiger partial charge in [-0.15, -0.1) is 0 Å². The molecule has 0 amide bonds. The van der Waals surface area contributed by atoms with Crippen molar-refractivity contribution in [3.63, 3.8) is 0 Å². The average molecular weight is 313 g/mol. The molecule has 0 aliphatic rings. The Morgan fingerprint density at radius 3 is 2.89 bits per heavy atom. The SMILES string of the molecule is O=c1ccc2ccc(OCC[C@@H](O)CBr)cc2o1. The maximum absolute atomic E-state index is 11.1. The molecule has 96 valence electrons. The Balaban J connectivity index is 2.07. The van der Waals surface area contributed by atoms with E-state index in [9.17, 15) is 9.90 Å². The number of hydrogen-bond donors (Lipinski definition) is 1. The number of ether oxygens (including phenoxy) is 1. The number of halogens is 1. The van der Waals surface area contributed by atoms with Crippen LogP contribution in [0.2, 0.25) is 0 Å². The molecule has 4 nitrogen and oxygen atoms in total. The van der Waals surface area contributed by atoms with Crippen molar-refractivity contribution in [3.8, 4) is 5.75 Å². The van der Waals surface area contributed by atoms with Gasteiger partial charge in [0.25, 0.3) is 0 Å². The van der Waals surface area contributed by atoms with Gasteiger partial charge < -0.3 is 14.3 Å². The van der Waals surface area contributed by atoms with E-state index in [1.807, 2.05) is 12.1 Å². The average Bonchev–Trinajstić information content (AvgIpc) is 2.38. The van der Waals surface area contributed by atoms with Crippen molar-refractivity contribution in [1.82, 2.24) is 0 Å². The van der Waals surface area contributed by atoms with Gasteiger partial charge in [0.1, 0.15) is 11.3 Å². The number of aliphatic hydroxyl groups is 1. The first-order valence-electron chi connectivity index (χ1n) is 5.60. The van der Waals surface area contributed by atoms with Gasteiger partial charge in [0.2, 0.25) is 0 Å². The smallest absolute Gasteiger partial charge is 0.336 e. The van der Waals surface area contributed by atoms with E-state index in [0.717, 1.165) is 5.39 Å². The first kappa shape index (κ1) is 13.1. The summed E-state index contributed by atoms with van der Waals surface area (Å²) in [5, 5.41) is 10.7. The topological polar surface area (TPSA) is 59.7 Å². The first-order chi connectivity index (χ1) is 8.69. The summed E-state index contributed by atoms with van der Waals surface area (Å²) >= 11 is 3.19. The van der Waals surface area contributed by atoms with Gasteiger partial charge in [-0.1, -0.05) is 15.9 Å². The summed E-state index contributed by atoms with van der Waals surface area (Å²) in [6, 6.07) is 8.41. The molecule has 0 saturated heterocycles. The van der Waals surface area contributed by atoms with Crippen LogP contribution in [0.4, 0.5) is 0 Å². The third-order valence-corrected chi connectivity index (χ3v) is 3.24. The molecule has 1 aromatic carbocycles. The lowest BCUT2D eigenvalue weighted by Gasteiger charge is -2.09. The van der Waals surface area contributed by atoms with E-state index >= 15 is 0 Å². The molecule has 2 aromatic rings. The van der Waals surface area contributed by atoms with E-state index in [4.69, 9.17) is 9.15 Å². The normalized spacial score (nSPS) is 12.6. The summed E-state index contributed by atoms with van der Waals surface area (Å²) in [5.41, 5.74) is 0.121. The number of benzene rings is 1. The molecular formula is C13H13BrO4. The minimum atomic E-state index is -0.414. The van der Waals surface area contributed by atoms with Crippen LogP contribution in [0.3, 0.4) is 0 Å². The highest BCUT2D eigenvalue weighted by Gasteiger charge is 2.03. The van der Waals surface area contributed by atoms with Crippen molar-refractivity contribution < 1.29 is 14.3 Å². The van der Waals surface area contributed by atoms with Gasteiger partial charge in [-0.05, 0) is 18.2 Å². The number of rotatable bonds is 5. The monoisotopic (exact) mass is 312 g/mol. The fraction of sp³-hybridized carbons (Fsp3) is 0.308. The van der Waals surface area contributed by atoms with Crippen LogP contribution in [0.25, 0.3) is 11.0 Å². The predicted molar refractivity (Wildman–Crippen MR) is 72.4 cm³/mol. The highest BCUT2D eigenvalue weighted by molar-refractivity contribution is 9.09. The molecule has 2 rings (SSSR count). The maximum atomic E-state index is 11.1. The predicted octanol–water partition coefficient (Wildman–Crippen LogP) is 2.32. The standard InChI is InChI=1S/C13H13BrO4/c14-8-10(15)5-6-17-11-3-1-9-2-4-13(16)18-12(9)7-11/h1-4,7,10,15H,5-6,8H2/t10-/m1/s1. The molecule has 0 aliphatic heterocycles. The van der Waals surface area contributed by atoms with Gasteiger partial charge in [-0.2, -0.15) is 0 Å². The van der Waals surface area contributed by atoms with Crippen LogP contribution in [-0.2, 0) is 0 Å². The van der Waals surface area contributed by atoms with Crippen LogP contribution in [0.15, 0.2) is 39.5 Å². The Labute approximate surface area is 112 Å². The molecule has 0 aliphatic carbocycles. The van der Waals surface area contributed by atoms with Crippen molar-refractivity contribution >= 4 is 26.9 Å². The Morgan fingerprint density at radius 2 is 2.11 bits per heavy atom. The van der Waals surface area contributed by atoms with Crippen molar-refractivity contribution in [2.75, 3.05) is 11.9 Å². The molecule has 1 heterocycles. The molecule has 0 spiro atoms. The van der Waals surface area contributed by atoms with Crippen LogP contribution in [-0.4, -0.2) is 23.1 Å². The fourth-order valence-electron chi connectivity index (χ4n) is 1.52. The molecular weight excluding hydrogens is 300 g/mol. The molecule has 1 N–H and O–H groups in total. The quantitative estimate of drug-likeness (QED) is 0.680. The highest BCUT2D eigenvalue weighted by atomic mass is 79.9. The third kappa shape index (κ3) is 3.34. The number of fused-ring (bicyclic) bond motifs is 1. The zero-order valence-corrected chi connectivity index (χ0v) is 11.2. The van der Waals surface area contributed by atoms with Gasteiger partial charge >= 0.3 is 5.63 Å². The summed E-state index contributed by atoms with van der Waals surface area (Å²) < 4.78 is 10.5. The Hall–Kier alpha value is -1.33. The Bertz CT molecular complexity index is 578. The fourth-order valence-corrected chi connectivity index (χ4v) is 1.84. The molecule has 0 saturated carbocycles. The largest absolute Gasteiger partial charge is 0.493 e. The molecule has 0 unspecified atom stereocenters. The highest BCUT2D eigenvalue weighted by Crippen LogP contribution is 2.19.